The van der Waals surface area contributed by atoms with Crippen molar-refractivity contribution in [3.63, 3.8) is 0 Å². The number of nitrogens with zero attached hydrogens (tertiary/aromatic N) is 4. The molecule has 3 rings (SSSR count). The van der Waals surface area contributed by atoms with E-state index in [-0.39, 0.29) is 17.4 Å². The van der Waals surface area contributed by atoms with Crippen LogP contribution in [0.15, 0.2) is 61.2 Å². The Balaban J connectivity index is 1.59. The van der Waals surface area contributed by atoms with Crippen molar-refractivity contribution in [2.24, 2.45) is 0 Å². The third-order valence-electron chi connectivity index (χ3n) is 3.80. The van der Waals surface area contributed by atoms with Crippen LogP contribution in [0, 0.1) is 5.82 Å². The van der Waals surface area contributed by atoms with E-state index in [9.17, 15) is 9.18 Å². The lowest BCUT2D eigenvalue weighted by Gasteiger charge is -2.16. The van der Waals surface area contributed by atoms with E-state index in [2.05, 4.69) is 20.3 Å². The first-order valence-corrected chi connectivity index (χ1v) is 8.11. The first kappa shape index (κ1) is 17.5. The molecule has 1 aromatic carbocycles. The van der Waals surface area contributed by atoms with Crippen LogP contribution in [0.1, 0.15) is 16.1 Å². The van der Waals surface area contributed by atoms with Gasteiger partial charge in [-0.2, -0.15) is 0 Å². The molecule has 0 spiro atoms. The summed E-state index contributed by atoms with van der Waals surface area (Å²) in [6, 6.07) is 9.88. The molecule has 0 unspecified atom stereocenters. The van der Waals surface area contributed by atoms with Crippen LogP contribution in [0.4, 0.5) is 15.9 Å². The fraction of sp³-hybridized carbons (Fsp3) is 0.158. The SMILES string of the molecule is CN(CCc1ccncc1)C(=O)c1cnc(Nc2cccc(F)c2)cn1. The van der Waals surface area contributed by atoms with Crippen LogP contribution in [-0.4, -0.2) is 39.4 Å². The van der Waals surface area contributed by atoms with Crippen molar-refractivity contribution in [2.45, 2.75) is 6.42 Å². The van der Waals surface area contributed by atoms with Crippen molar-refractivity contribution in [1.82, 2.24) is 19.9 Å². The van der Waals surface area contributed by atoms with E-state index in [1.165, 1.54) is 24.5 Å². The summed E-state index contributed by atoms with van der Waals surface area (Å²) in [5.74, 6) is -0.110. The van der Waals surface area contributed by atoms with Crippen molar-refractivity contribution in [3.8, 4) is 0 Å². The molecule has 7 heteroatoms. The lowest BCUT2D eigenvalue weighted by molar-refractivity contribution is 0.0790. The van der Waals surface area contributed by atoms with Crippen LogP contribution >= 0.6 is 0 Å². The second-order valence-electron chi connectivity index (χ2n) is 5.75. The lowest BCUT2D eigenvalue weighted by atomic mass is 10.2. The number of aromatic nitrogens is 3. The van der Waals surface area contributed by atoms with Crippen LogP contribution in [0.2, 0.25) is 0 Å². The van der Waals surface area contributed by atoms with Crippen molar-refractivity contribution in [1.29, 1.82) is 0 Å². The Bertz CT molecular complexity index is 871. The highest BCUT2D eigenvalue weighted by Gasteiger charge is 2.13. The number of pyridine rings is 1. The topological polar surface area (TPSA) is 71.0 Å². The Kier molecular flexibility index (Phi) is 5.48. The Morgan fingerprint density at radius 1 is 1.15 bits per heavy atom. The molecule has 0 saturated carbocycles. The van der Waals surface area contributed by atoms with E-state index in [0.717, 1.165) is 12.0 Å². The van der Waals surface area contributed by atoms with Crippen molar-refractivity contribution < 1.29 is 9.18 Å². The van der Waals surface area contributed by atoms with Crippen LogP contribution in [0.25, 0.3) is 0 Å². The molecule has 2 aromatic heterocycles. The number of hydrogen-bond donors (Lipinski definition) is 1. The quantitative estimate of drug-likeness (QED) is 0.739. The highest BCUT2D eigenvalue weighted by Crippen LogP contribution is 2.15. The molecule has 2 heterocycles. The maximum absolute atomic E-state index is 13.2. The average molecular weight is 351 g/mol. The number of amides is 1. The number of nitrogens with one attached hydrogen (secondary N) is 1. The van der Waals surface area contributed by atoms with Crippen molar-refractivity contribution in [2.75, 3.05) is 18.9 Å². The van der Waals surface area contributed by atoms with Crippen LogP contribution < -0.4 is 5.32 Å². The van der Waals surface area contributed by atoms with Crippen LogP contribution in [-0.2, 0) is 6.42 Å². The summed E-state index contributed by atoms with van der Waals surface area (Å²) >= 11 is 0. The third-order valence-corrected chi connectivity index (χ3v) is 3.80. The number of halogens is 1. The molecule has 0 aliphatic heterocycles. The first-order valence-electron chi connectivity index (χ1n) is 8.11. The van der Waals surface area contributed by atoms with Gasteiger partial charge in [-0.05, 0) is 42.3 Å². The van der Waals surface area contributed by atoms with E-state index < -0.39 is 0 Å². The zero-order chi connectivity index (χ0) is 18.4. The molecule has 0 saturated heterocycles. The highest BCUT2D eigenvalue weighted by molar-refractivity contribution is 5.91. The molecule has 1 N–H and O–H groups in total. The number of rotatable bonds is 6. The highest BCUT2D eigenvalue weighted by atomic mass is 19.1. The van der Waals surface area contributed by atoms with Gasteiger partial charge in [0.1, 0.15) is 17.3 Å². The van der Waals surface area contributed by atoms with Gasteiger partial charge >= 0.3 is 0 Å². The van der Waals surface area contributed by atoms with Gasteiger partial charge in [0.2, 0.25) is 0 Å². The Labute approximate surface area is 150 Å². The minimum Gasteiger partial charge on any atom is -0.340 e. The van der Waals surface area contributed by atoms with Crippen molar-refractivity contribution in [3.05, 3.63) is 78.3 Å². The number of carbonyl (C=O) groups is 1. The monoisotopic (exact) mass is 351 g/mol. The molecule has 0 radical (unpaired) electrons. The second-order valence-corrected chi connectivity index (χ2v) is 5.75. The Morgan fingerprint density at radius 3 is 2.65 bits per heavy atom. The number of carbonyl (C=O) groups excluding carboxylic acids is 1. The molecule has 3 aromatic rings. The van der Waals surface area contributed by atoms with Gasteiger partial charge in [0.25, 0.3) is 5.91 Å². The van der Waals surface area contributed by atoms with E-state index in [1.807, 2.05) is 12.1 Å². The maximum Gasteiger partial charge on any atom is 0.273 e. The minimum absolute atomic E-state index is 0.205. The molecule has 0 atom stereocenters. The molecule has 0 bridgehead atoms. The molecular weight excluding hydrogens is 333 g/mol. The summed E-state index contributed by atoms with van der Waals surface area (Å²) in [4.78, 5) is 26.3. The lowest BCUT2D eigenvalue weighted by Crippen LogP contribution is -2.29. The fourth-order valence-electron chi connectivity index (χ4n) is 2.36. The van der Waals surface area contributed by atoms with Gasteiger partial charge < -0.3 is 10.2 Å². The van der Waals surface area contributed by atoms with Gasteiger partial charge in [-0.25, -0.2) is 14.4 Å². The molecule has 1 amide bonds. The number of hydrogen-bond acceptors (Lipinski definition) is 5. The maximum atomic E-state index is 13.2. The Hall–Kier alpha value is -3.35. The normalized spacial score (nSPS) is 10.4. The third kappa shape index (κ3) is 4.60. The molecule has 0 aliphatic rings. The van der Waals surface area contributed by atoms with E-state index in [4.69, 9.17) is 0 Å². The number of benzene rings is 1. The first-order chi connectivity index (χ1) is 12.6. The van der Waals surface area contributed by atoms with Gasteiger partial charge in [0.05, 0.1) is 12.4 Å². The largest absolute Gasteiger partial charge is 0.340 e. The van der Waals surface area contributed by atoms with E-state index in [1.54, 1.807) is 36.5 Å². The summed E-state index contributed by atoms with van der Waals surface area (Å²) in [5, 5.41) is 2.94. The van der Waals surface area contributed by atoms with Gasteiger partial charge in [-0.3, -0.25) is 9.78 Å². The summed E-state index contributed by atoms with van der Waals surface area (Å²) in [6.07, 6.45) is 7.05. The van der Waals surface area contributed by atoms with Crippen molar-refractivity contribution >= 4 is 17.4 Å². The molecule has 132 valence electrons. The molecule has 0 aliphatic carbocycles. The standard InChI is InChI=1S/C19H18FN5O/c1-25(10-7-14-5-8-21-9-6-14)19(26)17-12-23-18(13-22-17)24-16-4-2-3-15(20)11-16/h2-6,8-9,11-13H,7,10H2,1H3,(H,23,24). The van der Waals surface area contributed by atoms with Gasteiger partial charge in [-0.15, -0.1) is 0 Å². The summed E-state index contributed by atoms with van der Waals surface area (Å²) in [5.41, 5.74) is 1.93. The van der Waals surface area contributed by atoms with Gasteiger partial charge in [0, 0.05) is 31.7 Å². The predicted octanol–water partition coefficient (Wildman–Crippen LogP) is 3.07. The molecular formula is C19H18FN5O. The van der Waals surface area contributed by atoms with E-state index in [0.29, 0.717) is 18.1 Å². The van der Waals surface area contributed by atoms with E-state index >= 15 is 0 Å². The summed E-state index contributed by atoms with van der Waals surface area (Å²) in [6.45, 7) is 0.563. The van der Waals surface area contributed by atoms with Gasteiger partial charge in [-0.1, -0.05) is 6.07 Å². The number of likely N-dealkylation sites (N-methyl/N-ethyl adjacent to an activating group) is 1. The summed E-state index contributed by atoms with van der Waals surface area (Å²) < 4.78 is 13.2. The fourth-order valence-corrected chi connectivity index (χ4v) is 2.36. The smallest absolute Gasteiger partial charge is 0.273 e. The molecule has 6 nitrogen and oxygen atoms in total. The zero-order valence-electron chi connectivity index (χ0n) is 14.3. The predicted molar refractivity (Wildman–Crippen MR) is 96.6 cm³/mol. The Morgan fingerprint density at radius 2 is 1.96 bits per heavy atom. The second kappa shape index (κ2) is 8.15. The van der Waals surface area contributed by atoms with Crippen LogP contribution in [0.5, 0.6) is 0 Å². The van der Waals surface area contributed by atoms with Gasteiger partial charge in [0.15, 0.2) is 0 Å². The average Bonchev–Trinajstić information content (AvgIpc) is 2.67. The molecule has 26 heavy (non-hydrogen) atoms. The van der Waals surface area contributed by atoms with Crippen LogP contribution in [0.3, 0.4) is 0 Å². The zero-order valence-corrected chi connectivity index (χ0v) is 14.3. The number of anilines is 2. The summed E-state index contributed by atoms with van der Waals surface area (Å²) in [7, 11) is 1.73. The minimum atomic E-state index is -0.342. The molecule has 0 fully saturated rings.